The summed E-state index contributed by atoms with van der Waals surface area (Å²) in [5, 5.41) is 3.09. The zero-order valence-electron chi connectivity index (χ0n) is 8.86. The van der Waals surface area contributed by atoms with Gasteiger partial charge in [-0.1, -0.05) is 0 Å². The van der Waals surface area contributed by atoms with Crippen LogP contribution in [0.15, 0.2) is 36.7 Å². The summed E-state index contributed by atoms with van der Waals surface area (Å²) in [5.74, 6) is 0. The van der Waals surface area contributed by atoms with Crippen LogP contribution in [0.2, 0.25) is 0 Å². The number of nitrogens with one attached hydrogen (secondary N) is 1. The van der Waals surface area contributed by atoms with Crippen LogP contribution < -0.4 is 5.32 Å². The molecule has 0 amide bonds. The fourth-order valence-corrected chi connectivity index (χ4v) is 1.36. The van der Waals surface area contributed by atoms with Crippen molar-refractivity contribution in [3.05, 3.63) is 42.4 Å². The van der Waals surface area contributed by atoms with Gasteiger partial charge in [0.1, 0.15) is 0 Å². The number of rotatable bonds is 2. The standard InChI is InChI=1S/C12H13N3/c1-9-3-4-10(8-15-9)12-7-11(13-2)5-6-14-12/h3-8H,1-2H3,(H,13,14). The van der Waals surface area contributed by atoms with Gasteiger partial charge in [-0.2, -0.15) is 0 Å². The van der Waals surface area contributed by atoms with E-state index in [-0.39, 0.29) is 0 Å². The lowest BCUT2D eigenvalue weighted by Crippen LogP contribution is -1.91. The summed E-state index contributed by atoms with van der Waals surface area (Å²) in [6.07, 6.45) is 3.64. The van der Waals surface area contributed by atoms with Crippen LogP contribution in [0.25, 0.3) is 11.3 Å². The normalized spacial score (nSPS) is 10.0. The van der Waals surface area contributed by atoms with Crippen LogP contribution in [0.5, 0.6) is 0 Å². The maximum absolute atomic E-state index is 4.31. The molecule has 1 N–H and O–H groups in total. The molecule has 0 saturated carbocycles. The van der Waals surface area contributed by atoms with Crippen LogP contribution >= 0.6 is 0 Å². The Kier molecular flexibility index (Phi) is 2.63. The van der Waals surface area contributed by atoms with E-state index in [4.69, 9.17) is 0 Å². The number of pyridine rings is 2. The van der Waals surface area contributed by atoms with Crippen molar-refractivity contribution in [2.45, 2.75) is 6.92 Å². The molecule has 0 bridgehead atoms. The summed E-state index contributed by atoms with van der Waals surface area (Å²) in [6.45, 7) is 1.97. The van der Waals surface area contributed by atoms with E-state index in [0.29, 0.717) is 0 Å². The zero-order valence-corrected chi connectivity index (χ0v) is 8.86. The van der Waals surface area contributed by atoms with Crippen LogP contribution in [-0.4, -0.2) is 17.0 Å². The molecule has 2 aromatic heterocycles. The zero-order chi connectivity index (χ0) is 10.7. The quantitative estimate of drug-likeness (QED) is 0.807. The van der Waals surface area contributed by atoms with E-state index in [1.165, 1.54) is 0 Å². The van der Waals surface area contributed by atoms with Gasteiger partial charge < -0.3 is 5.32 Å². The first-order valence-corrected chi connectivity index (χ1v) is 4.86. The van der Waals surface area contributed by atoms with E-state index in [1.54, 1.807) is 6.20 Å². The second kappa shape index (κ2) is 4.09. The summed E-state index contributed by atoms with van der Waals surface area (Å²) >= 11 is 0. The molecule has 2 rings (SSSR count). The average molecular weight is 199 g/mol. The Hall–Kier alpha value is -1.90. The van der Waals surface area contributed by atoms with E-state index >= 15 is 0 Å². The molecule has 0 aliphatic heterocycles. The van der Waals surface area contributed by atoms with Gasteiger partial charge in [-0.3, -0.25) is 9.97 Å². The van der Waals surface area contributed by atoms with Crippen molar-refractivity contribution >= 4 is 5.69 Å². The number of anilines is 1. The van der Waals surface area contributed by atoms with Crippen molar-refractivity contribution in [1.82, 2.24) is 9.97 Å². The first-order valence-electron chi connectivity index (χ1n) is 4.86. The van der Waals surface area contributed by atoms with Gasteiger partial charge in [0.2, 0.25) is 0 Å². The van der Waals surface area contributed by atoms with Gasteiger partial charge in [0.25, 0.3) is 0 Å². The lowest BCUT2D eigenvalue weighted by atomic mass is 10.1. The predicted molar refractivity (Wildman–Crippen MR) is 61.8 cm³/mol. The summed E-state index contributed by atoms with van der Waals surface area (Å²) in [4.78, 5) is 8.56. The first-order chi connectivity index (χ1) is 7.29. The third-order valence-corrected chi connectivity index (χ3v) is 2.26. The van der Waals surface area contributed by atoms with Crippen LogP contribution in [0.4, 0.5) is 5.69 Å². The van der Waals surface area contributed by atoms with E-state index < -0.39 is 0 Å². The molecule has 0 spiro atoms. The lowest BCUT2D eigenvalue weighted by Gasteiger charge is -2.03. The van der Waals surface area contributed by atoms with Gasteiger partial charge in [-0.25, -0.2) is 0 Å². The van der Waals surface area contributed by atoms with Crippen LogP contribution in [0.1, 0.15) is 5.69 Å². The Labute approximate surface area is 89.2 Å². The fraction of sp³-hybridized carbons (Fsp3) is 0.167. The van der Waals surface area contributed by atoms with E-state index in [9.17, 15) is 0 Å². The van der Waals surface area contributed by atoms with Crippen molar-refractivity contribution < 1.29 is 0 Å². The Morgan fingerprint density at radius 3 is 2.67 bits per heavy atom. The number of hydrogen-bond acceptors (Lipinski definition) is 3. The van der Waals surface area contributed by atoms with Gasteiger partial charge in [-0.15, -0.1) is 0 Å². The summed E-state index contributed by atoms with van der Waals surface area (Å²) < 4.78 is 0. The molecule has 0 unspecified atom stereocenters. The molecule has 0 atom stereocenters. The highest BCUT2D eigenvalue weighted by Gasteiger charge is 1.99. The van der Waals surface area contributed by atoms with Gasteiger partial charge in [0.05, 0.1) is 5.69 Å². The molecule has 3 nitrogen and oxygen atoms in total. The van der Waals surface area contributed by atoms with Gasteiger partial charge in [-0.05, 0) is 31.2 Å². The fourth-order valence-electron chi connectivity index (χ4n) is 1.36. The Balaban J connectivity index is 2.40. The largest absolute Gasteiger partial charge is 0.388 e. The maximum Gasteiger partial charge on any atom is 0.0737 e. The van der Waals surface area contributed by atoms with Crippen molar-refractivity contribution in [1.29, 1.82) is 0 Å². The molecule has 2 aromatic rings. The number of nitrogens with zero attached hydrogens (tertiary/aromatic N) is 2. The molecule has 0 radical (unpaired) electrons. The molecular formula is C12H13N3. The molecule has 0 aliphatic carbocycles. The molecule has 2 heterocycles. The minimum absolute atomic E-state index is 0.939. The van der Waals surface area contributed by atoms with E-state index in [2.05, 4.69) is 15.3 Å². The minimum Gasteiger partial charge on any atom is -0.388 e. The third-order valence-electron chi connectivity index (χ3n) is 2.26. The predicted octanol–water partition coefficient (Wildman–Crippen LogP) is 2.49. The second-order valence-electron chi connectivity index (χ2n) is 3.37. The number of aryl methyl sites for hydroxylation is 1. The summed E-state index contributed by atoms with van der Waals surface area (Å²) in [7, 11) is 1.90. The molecule has 0 aromatic carbocycles. The van der Waals surface area contributed by atoms with Crippen molar-refractivity contribution in [3.63, 3.8) is 0 Å². The van der Waals surface area contributed by atoms with Gasteiger partial charge in [0, 0.05) is 36.4 Å². The second-order valence-corrected chi connectivity index (χ2v) is 3.37. The highest BCUT2D eigenvalue weighted by molar-refractivity contribution is 5.62. The smallest absolute Gasteiger partial charge is 0.0737 e. The summed E-state index contributed by atoms with van der Waals surface area (Å²) in [5.41, 5.74) is 4.05. The number of aromatic nitrogens is 2. The highest BCUT2D eigenvalue weighted by Crippen LogP contribution is 2.18. The van der Waals surface area contributed by atoms with Crippen LogP contribution in [0.3, 0.4) is 0 Å². The highest BCUT2D eigenvalue weighted by atomic mass is 14.8. The molecule has 76 valence electrons. The minimum atomic E-state index is 0.939. The monoisotopic (exact) mass is 199 g/mol. The van der Waals surface area contributed by atoms with Crippen molar-refractivity contribution in [3.8, 4) is 11.3 Å². The topological polar surface area (TPSA) is 37.8 Å². The van der Waals surface area contributed by atoms with Crippen LogP contribution in [0, 0.1) is 6.92 Å². The van der Waals surface area contributed by atoms with Crippen LogP contribution in [-0.2, 0) is 0 Å². The lowest BCUT2D eigenvalue weighted by molar-refractivity contribution is 1.19. The Morgan fingerprint density at radius 2 is 2.00 bits per heavy atom. The molecule has 3 heteroatoms. The average Bonchev–Trinajstić information content (AvgIpc) is 2.30. The van der Waals surface area contributed by atoms with E-state index in [0.717, 1.165) is 22.6 Å². The molecular weight excluding hydrogens is 186 g/mol. The van der Waals surface area contributed by atoms with Gasteiger partial charge in [0.15, 0.2) is 0 Å². The maximum atomic E-state index is 4.31. The molecule has 0 saturated heterocycles. The molecule has 0 fully saturated rings. The first kappa shape index (κ1) is 9.65. The van der Waals surface area contributed by atoms with Crippen molar-refractivity contribution in [2.24, 2.45) is 0 Å². The SMILES string of the molecule is CNc1ccnc(-c2ccc(C)nc2)c1. The van der Waals surface area contributed by atoms with Crippen molar-refractivity contribution in [2.75, 3.05) is 12.4 Å². The molecule has 15 heavy (non-hydrogen) atoms. The summed E-state index contributed by atoms with van der Waals surface area (Å²) in [6, 6.07) is 7.96. The van der Waals surface area contributed by atoms with Gasteiger partial charge >= 0.3 is 0 Å². The third kappa shape index (κ3) is 2.13. The molecule has 0 aliphatic rings. The Bertz CT molecular complexity index is 449. The van der Waals surface area contributed by atoms with E-state index in [1.807, 2.05) is 44.4 Å². The number of hydrogen-bond donors (Lipinski definition) is 1. The Morgan fingerprint density at radius 1 is 1.13 bits per heavy atom.